The molecule has 54 valence electrons. The smallest absolute Gasteiger partial charge is 0.142 e. The highest BCUT2D eigenvalue weighted by Gasteiger charge is 2.01. The predicted molar refractivity (Wildman–Crippen MR) is 46.3 cm³/mol. The summed E-state index contributed by atoms with van der Waals surface area (Å²) >= 11 is 9.05. The molecule has 0 unspecified atom stereocenters. The molecule has 4 heteroatoms. The summed E-state index contributed by atoms with van der Waals surface area (Å²) < 4.78 is 0. The van der Waals surface area contributed by atoms with Crippen LogP contribution in [0, 0.1) is 0 Å². The molecule has 0 atom stereocenters. The summed E-state index contributed by atoms with van der Waals surface area (Å²) in [6.07, 6.45) is 1.64. The molecule has 0 aliphatic rings. The van der Waals surface area contributed by atoms with Crippen molar-refractivity contribution >= 4 is 33.3 Å². The summed E-state index contributed by atoms with van der Waals surface area (Å²) in [4.78, 5) is 3.81. The molecule has 0 amide bonds. The van der Waals surface area contributed by atoms with Gasteiger partial charge in [-0.25, -0.2) is 4.98 Å². The van der Waals surface area contributed by atoms with Crippen LogP contribution >= 0.6 is 27.5 Å². The van der Waals surface area contributed by atoms with E-state index in [1.165, 1.54) is 0 Å². The molecule has 0 aromatic carbocycles. The van der Waals surface area contributed by atoms with Gasteiger partial charge in [0.25, 0.3) is 0 Å². The Morgan fingerprint density at radius 1 is 1.70 bits per heavy atom. The molecular formula is C6H6BrClN2. The van der Waals surface area contributed by atoms with Crippen molar-refractivity contribution in [1.29, 1.82) is 0 Å². The third kappa shape index (κ3) is 1.41. The monoisotopic (exact) mass is 220 g/mol. The zero-order valence-corrected chi connectivity index (χ0v) is 7.48. The van der Waals surface area contributed by atoms with Gasteiger partial charge in [0.15, 0.2) is 0 Å². The Balaban J connectivity index is 3.14. The number of nitrogens with two attached hydrogens (primary N) is 1. The van der Waals surface area contributed by atoms with Gasteiger partial charge in [0, 0.05) is 11.5 Å². The van der Waals surface area contributed by atoms with E-state index < -0.39 is 0 Å². The summed E-state index contributed by atoms with van der Waals surface area (Å²) in [6.45, 7) is 0. The summed E-state index contributed by atoms with van der Waals surface area (Å²) in [5, 5.41) is 1.25. The first-order valence-corrected chi connectivity index (χ1v) is 4.20. The molecule has 0 spiro atoms. The van der Waals surface area contributed by atoms with Crippen LogP contribution in [-0.4, -0.2) is 4.98 Å². The minimum atomic E-state index is 0.388. The maximum absolute atomic E-state index is 5.78. The van der Waals surface area contributed by atoms with Crippen molar-refractivity contribution < 1.29 is 0 Å². The zero-order chi connectivity index (χ0) is 7.56. The Hall–Kier alpha value is -0.280. The van der Waals surface area contributed by atoms with Crippen LogP contribution in [0.4, 0.5) is 5.82 Å². The number of rotatable bonds is 1. The largest absolute Gasteiger partial charge is 0.382 e. The van der Waals surface area contributed by atoms with Crippen molar-refractivity contribution in [2.75, 3.05) is 5.73 Å². The zero-order valence-electron chi connectivity index (χ0n) is 5.14. The maximum atomic E-state index is 5.78. The Kier molecular flexibility index (Phi) is 2.51. The molecule has 0 aliphatic heterocycles. The molecule has 0 aliphatic carbocycles. The van der Waals surface area contributed by atoms with Crippen molar-refractivity contribution in [3.05, 3.63) is 22.8 Å². The molecule has 2 nitrogen and oxygen atoms in total. The van der Waals surface area contributed by atoms with Gasteiger partial charge in [-0.1, -0.05) is 27.5 Å². The van der Waals surface area contributed by atoms with Gasteiger partial charge in [0.2, 0.25) is 0 Å². The van der Waals surface area contributed by atoms with E-state index in [0.29, 0.717) is 16.2 Å². The van der Waals surface area contributed by atoms with Crippen LogP contribution in [0.5, 0.6) is 0 Å². The second-order valence-electron chi connectivity index (χ2n) is 1.80. The van der Waals surface area contributed by atoms with Gasteiger partial charge in [0.1, 0.15) is 5.82 Å². The molecule has 10 heavy (non-hydrogen) atoms. The summed E-state index contributed by atoms with van der Waals surface area (Å²) in [5.41, 5.74) is 6.40. The van der Waals surface area contributed by atoms with Crippen molar-refractivity contribution in [2.45, 2.75) is 5.33 Å². The van der Waals surface area contributed by atoms with Gasteiger partial charge >= 0.3 is 0 Å². The van der Waals surface area contributed by atoms with E-state index in [2.05, 4.69) is 20.9 Å². The van der Waals surface area contributed by atoms with E-state index in [9.17, 15) is 0 Å². The van der Waals surface area contributed by atoms with Crippen molar-refractivity contribution in [3.63, 3.8) is 0 Å². The second kappa shape index (κ2) is 3.21. The molecule has 1 rings (SSSR count). The van der Waals surface area contributed by atoms with E-state index in [4.69, 9.17) is 17.3 Å². The van der Waals surface area contributed by atoms with Crippen molar-refractivity contribution in [1.82, 2.24) is 4.98 Å². The molecule has 1 heterocycles. The van der Waals surface area contributed by atoms with E-state index in [0.717, 1.165) is 5.56 Å². The fraction of sp³-hybridized carbons (Fsp3) is 0.167. The fourth-order valence-corrected chi connectivity index (χ4v) is 1.41. The Bertz CT molecular complexity index is 239. The number of hydrogen-bond acceptors (Lipinski definition) is 2. The number of anilines is 1. The average Bonchev–Trinajstić information content (AvgIpc) is 1.95. The molecule has 0 saturated carbocycles. The number of halogens is 2. The lowest BCUT2D eigenvalue weighted by Crippen LogP contribution is -1.92. The Morgan fingerprint density at radius 2 is 2.40 bits per heavy atom. The van der Waals surface area contributed by atoms with Gasteiger partial charge in [0.05, 0.1) is 5.02 Å². The highest BCUT2D eigenvalue weighted by molar-refractivity contribution is 9.08. The maximum Gasteiger partial charge on any atom is 0.142 e. The lowest BCUT2D eigenvalue weighted by Gasteiger charge is -1.99. The summed E-state index contributed by atoms with van der Waals surface area (Å²) in [6, 6.07) is 1.83. The highest BCUT2D eigenvalue weighted by atomic mass is 79.9. The first-order chi connectivity index (χ1) is 4.75. The topological polar surface area (TPSA) is 38.9 Å². The number of nitrogen functional groups attached to an aromatic ring is 1. The second-order valence-corrected chi connectivity index (χ2v) is 2.74. The Labute approximate surface area is 72.5 Å². The fourth-order valence-electron chi connectivity index (χ4n) is 0.605. The minimum Gasteiger partial charge on any atom is -0.382 e. The summed E-state index contributed by atoms with van der Waals surface area (Å²) in [5.74, 6) is 0.388. The van der Waals surface area contributed by atoms with E-state index in [1.54, 1.807) is 6.20 Å². The molecule has 0 saturated heterocycles. The lowest BCUT2D eigenvalue weighted by molar-refractivity contribution is 1.29. The van der Waals surface area contributed by atoms with Crippen LogP contribution in [0.1, 0.15) is 5.56 Å². The summed E-state index contributed by atoms with van der Waals surface area (Å²) in [7, 11) is 0. The van der Waals surface area contributed by atoms with Crippen LogP contribution in [-0.2, 0) is 5.33 Å². The third-order valence-corrected chi connectivity index (χ3v) is 2.18. The van der Waals surface area contributed by atoms with Gasteiger partial charge in [-0.3, -0.25) is 0 Å². The first-order valence-electron chi connectivity index (χ1n) is 2.70. The van der Waals surface area contributed by atoms with Gasteiger partial charge in [-0.15, -0.1) is 0 Å². The third-order valence-electron chi connectivity index (χ3n) is 1.14. The molecule has 0 radical (unpaired) electrons. The van der Waals surface area contributed by atoms with E-state index in [1.807, 2.05) is 6.07 Å². The van der Waals surface area contributed by atoms with Gasteiger partial charge in [-0.2, -0.15) is 0 Å². The standard InChI is InChI=1S/C6H6BrClN2/c7-3-4-1-2-10-6(9)5(4)8/h1-2H,3H2,(H2,9,10). The average molecular weight is 221 g/mol. The van der Waals surface area contributed by atoms with Crippen LogP contribution in [0.2, 0.25) is 5.02 Å². The minimum absolute atomic E-state index is 0.388. The van der Waals surface area contributed by atoms with Crippen molar-refractivity contribution in [3.8, 4) is 0 Å². The molecule has 0 fully saturated rings. The molecule has 1 aromatic rings. The predicted octanol–water partition coefficient (Wildman–Crippen LogP) is 2.21. The van der Waals surface area contributed by atoms with Crippen LogP contribution < -0.4 is 5.73 Å². The Morgan fingerprint density at radius 3 is 2.90 bits per heavy atom. The molecular weight excluding hydrogens is 215 g/mol. The normalized spacial score (nSPS) is 9.80. The lowest BCUT2D eigenvalue weighted by atomic mass is 10.3. The number of hydrogen-bond donors (Lipinski definition) is 1. The first kappa shape index (κ1) is 7.82. The number of nitrogens with zero attached hydrogens (tertiary/aromatic N) is 1. The number of alkyl halides is 1. The van der Waals surface area contributed by atoms with Gasteiger partial charge < -0.3 is 5.73 Å². The number of pyridine rings is 1. The number of aromatic nitrogens is 1. The van der Waals surface area contributed by atoms with Crippen molar-refractivity contribution in [2.24, 2.45) is 0 Å². The molecule has 2 N–H and O–H groups in total. The molecule has 1 aromatic heterocycles. The van der Waals surface area contributed by atoms with Crippen LogP contribution in [0.3, 0.4) is 0 Å². The van der Waals surface area contributed by atoms with E-state index >= 15 is 0 Å². The highest BCUT2D eigenvalue weighted by Crippen LogP contribution is 2.22. The van der Waals surface area contributed by atoms with Crippen LogP contribution in [0.15, 0.2) is 12.3 Å². The van der Waals surface area contributed by atoms with Gasteiger partial charge in [-0.05, 0) is 11.6 Å². The SMILES string of the molecule is Nc1nccc(CBr)c1Cl. The van der Waals surface area contributed by atoms with Crippen LogP contribution in [0.25, 0.3) is 0 Å². The molecule has 0 bridgehead atoms. The quantitative estimate of drug-likeness (QED) is 0.739. The van der Waals surface area contributed by atoms with E-state index in [-0.39, 0.29) is 0 Å².